The van der Waals surface area contributed by atoms with Crippen molar-refractivity contribution >= 4 is 40.0 Å². The van der Waals surface area contributed by atoms with Crippen LogP contribution in [0.4, 0.5) is 5.00 Å². The van der Waals surface area contributed by atoms with Crippen LogP contribution in [0.1, 0.15) is 34.6 Å². The van der Waals surface area contributed by atoms with Crippen molar-refractivity contribution in [3.8, 4) is 17.1 Å². The third-order valence-corrected chi connectivity index (χ3v) is 6.16. The number of carbonyl (C=O) groups is 2. The summed E-state index contributed by atoms with van der Waals surface area (Å²) in [5.41, 5.74) is 1.85. The van der Waals surface area contributed by atoms with Crippen molar-refractivity contribution in [1.82, 2.24) is 15.2 Å². The Bertz CT molecular complexity index is 1060. The first-order valence-electron chi connectivity index (χ1n) is 9.37. The number of aromatic hydroxyl groups is 1. The molecule has 0 fully saturated rings. The lowest BCUT2D eigenvalue weighted by atomic mass is 10.1. The van der Waals surface area contributed by atoms with Gasteiger partial charge in [0, 0.05) is 4.88 Å². The molecule has 0 saturated heterocycles. The quantitative estimate of drug-likeness (QED) is 0.353. The molecule has 0 radical (unpaired) electrons. The first-order valence-corrected chi connectivity index (χ1v) is 11.2. The molecule has 3 aromatic rings. The number of benzene rings is 1. The highest BCUT2D eigenvalue weighted by Gasteiger charge is 2.23. The molecule has 158 valence electrons. The molecule has 0 atom stereocenters. The number of esters is 1. The van der Waals surface area contributed by atoms with E-state index >= 15 is 0 Å². The Labute approximate surface area is 182 Å². The van der Waals surface area contributed by atoms with Crippen molar-refractivity contribution in [2.24, 2.45) is 0 Å². The third-order valence-electron chi connectivity index (χ3n) is 4.25. The molecule has 0 bridgehead atoms. The van der Waals surface area contributed by atoms with Crippen molar-refractivity contribution in [3.05, 3.63) is 40.3 Å². The summed E-state index contributed by atoms with van der Waals surface area (Å²) in [5, 5.41) is 20.4. The number of amides is 1. The Morgan fingerprint density at radius 3 is 2.77 bits per heavy atom. The fraction of sp³-hybridized carbons (Fsp3) is 0.300. The Kier molecular flexibility index (Phi) is 7.11. The van der Waals surface area contributed by atoms with Crippen LogP contribution in [0, 0.1) is 6.92 Å². The lowest BCUT2D eigenvalue weighted by molar-refractivity contribution is -0.113. The summed E-state index contributed by atoms with van der Waals surface area (Å²) in [5.74, 6) is -0.124. The minimum atomic E-state index is -0.428. The summed E-state index contributed by atoms with van der Waals surface area (Å²) in [6, 6.07) is 6.79. The van der Waals surface area contributed by atoms with Gasteiger partial charge in [-0.25, -0.2) is 9.78 Å². The van der Waals surface area contributed by atoms with Crippen LogP contribution in [0.3, 0.4) is 0 Å². The van der Waals surface area contributed by atoms with Gasteiger partial charge in [0.15, 0.2) is 5.82 Å². The molecule has 10 heteroatoms. The molecule has 0 saturated carbocycles. The molecule has 0 aliphatic rings. The molecule has 30 heavy (non-hydrogen) atoms. The summed E-state index contributed by atoms with van der Waals surface area (Å²) in [6.07, 6.45) is 0.674. The van der Waals surface area contributed by atoms with E-state index in [0.29, 0.717) is 33.5 Å². The van der Waals surface area contributed by atoms with E-state index in [1.165, 1.54) is 11.3 Å². The van der Waals surface area contributed by atoms with E-state index in [-0.39, 0.29) is 24.0 Å². The Morgan fingerprint density at radius 1 is 1.30 bits per heavy atom. The zero-order valence-electron chi connectivity index (χ0n) is 16.8. The summed E-state index contributed by atoms with van der Waals surface area (Å²) in [4.78, 5) is 30.1. The maximum Gasteiger partial charge on any atom is 0.341 e. The number of hydrogen-bond acceptors (Lipinski definition) is 8. The van der Waals surface area contributed by atoms with Gasteiger partial charge in [-0.3, -0.25) is 9.89 Å². The van der Waals surface area contributed by atoms with Crippen LogP contribution in [0.2, 0.25) is 0 Å². The van der Waals surface area contributed by atoms with E-state index in [2.05, 4.69) is 20.5 Å². The second-order valence-electron chi connectivity index (χ2n) is 6.24. The van der Waals surface area contributed by atoms with Crippen molar-refractivity contribution in [3.63, 3.8) is 0 Å². The molecule has 2 aromatic heterocycles. The van der Waals surface area contributed by atoms with Gasteiger partial charge in [0.2, 0.25) is 11.1 Å². The number of aromatic amines is 1. The van der Waals surface area contributed by atoms with E-state index in [4.69, 9.17) is 4.74 Å². The van der Waals surface area contributed by atoms with Gasteiger partial charge in [0.25, 0.3) is 0 Å². The molecule has 1 amide bonds. The number of nitrogens with one attached hydrogen (secondary N) is 2. The van der Waals surface area contributed by atoms with Crippen LogP contribution in [0.15, 0.2) is 29.4 Å². The number of nitrogens with zero attached hydrogens (tertiary/aromatic N) is 2. The average Bonchev–Trinajstić information content (AvgIpc) is 3.31. The SMILES string of the molecule is CCOC(=O)c1c(NC(=O)CSc2n[nH]c(-c3ccccc3O)n2)sc(C)c1CC. The van der Waals surface area contributed by atoms with Crippen LogP contribution in [-0.2, 0) is 16.0 Å². The molecule has 8 nitrogen and oxygen atoms in total. The lowest BCUT2D eigenvalue weighted by Gasteiger charge is -2.07. The number of anilines is 1. The summed E-state index contributed by atoms with van der Waals surface area (Å²) >= 11 is 2.52. The molecule has 3 rings (SSSR count). The van der Waals surface area contributed by atoms with Crippen LogP contribution >= 0.6 is 23.1 Å². The molecule has 3 N–H and O–H groups in total. The number of rotatable bonds is 8. The number of thiophene rings is 1. The number of aromatic nitrogens is 3. The van der Waals surface area contributed by atoms with Gasteiger partial charge < -0.3 is 15.2 Å². The number of para-hydroxylation sites is 1. The van der Waals surface area contributed by atoms with Crippen LogP contribution in [-0.4, -0.2) is 44.5 Å². The highest BCUT2D eigenvalue weighted by Crippen LogP contribution is 2.34. The van der Waals surface area contributed by atoms with E-state index in [1.807, 2.05) is 13.8 Å². The molecule has 0 unspecified atom stereocenters. The molecule has 0 aliphatic carbocycles. The maximum atomic E-state index is 12.5. The van der Waals surface area contributed by atoms with Crippen molar-refractivity contribution < 1.29 is 19.4 Å². The second-order valence-corrected chi connectivity index (χ2v) is 8.40. The standard InChI is InChI=1S/C20H22N4O4S2/c1-4-12-11(3)30-18(16(12)19(27)28-5-2)21-15(26)10-29-20-22-17(23-24-20)13-8-6-7-9-14(13)25/h6-9,25H,4-5,10H2,1-3H3,(H,21,26)(H,22,23,24). The van der Waals surface area contributed by atoms with Crippen LogP contribution < -0.4 is 5.32 Å². The lowest BCUT2D eigenvalue weighted by Crippen LogP contribution is -2.16. The summed E-state index contributed by atoms with van der Waals surface area (Å²) < 4.78 is 5.16. The molecule has 0 spiro atoms. The van der Waals surface area contributed by atoms with Crippen molar-refractivity contribution in [2.45, 2.75) is 32.3 Å². The molecular formula is C20H22N4O4S2. The van der Waals surface area contributed by atoms with Crippen LogP contribution in [0.5, 0.6) is 5.75 Å². The van der Waals surface area contributed by atoms with E-state index < -0.39 is 5.97 Å². The molecular weight excluding hydrogens is 424 g/mol. The monoisotopic (exact) mass is 446 g/mol. The van der Waals surface area contributed by atoms with E-state index in [1.54, 1.807) is 31.2 Å². The Morgan fingerprint density at radius 2 is 2.07 bits per heavy atom. The van der Waals surface area contributed by atoms with Gasteiger partial charge in [-0.1, -0.05) is 30.8 Å². The first kappa shape index (κ1) is 21.8. The summed E-state index contributed by atoms with van der Waals surface area (Å²) in [6.45, 7) is 5.90. The molecule has 0 aliphatic heterocycles. The van der Waals surface area contributed by atoms with Crippen molar-refractivity contribution in [1.29, 1.82) is 0 Å². The number of H-pyrrole nitrogens is 1. The molecule has 1 aromatic carbocycles. The number of phenolic OH excluding ortho intramolecular Hbond substituents is 1. The van der Waals surface area contributed by atoms with E-state index in [0.717, 1.165) is 22.2 Å². The topological polar surface area (TPSA) is 117 Å². The average molecular weight is 447 g/mol. The first-order chi connectivity index (χ1) is 14.4. The number of hydrogen-bond donors (Lipinski definition) is 3. The number of thioether (sulfide) groups is 1. The van der Waals surface area contributed by atoms with Gasteiger partial charge in [0.1, 0.15) is 10.8 Å². The normalized spacial score (nSPS) is 10.8. The summed E-state index contributed by atoms with van der Waals surface area (Å²) in [7, 11) is 0. The number of aryl methyl sites for hydroxylation is 1. The van der Waals surface area contributed by atoms with E-state index in [9.17, 15) is 14.7 Å². The largest absolute Gasteiger partial charge is 0.507 e. The fourth-order valence-electron chi connectivity index (χ4n) is 2.91. The predicted octanol–water partition coefficient (Wildman–Crippen LogP) is 4.02. The highest BCUT2D eigenvalue weighted by atomic mass is 32.2. The second kappa shape index (κ2) is 9.77. The van der Waals surface area contributed by atoms with Crippen LogP contribution in [0.25, 0.3) is 11.4 Å². The fourth-order valence-corrected chi connectivity index (χ4v) is 4.66. The minimum absolute atomic E-state index is 0.0682. The predicted molar refractivity (Wildman–Crippen MR) is 117 cm³/mol. The number of ether oxygens (including phenoxy) is 1. The van der Waals surface area contributed by atoms with Crippen molar-refractivity contribution in [2.75, 3.05) is 17.7 Å². The van der Waals surface area contributed by atoms with Gasteiger partial charge in [0.05, 0.1) is 23.5 Å². The molecule has 2 heterocycles. The zero-order chi connectivity index (χ0) is 21.7. The number of carbonyl (C=O) groups excluding carboxylic acids is 2. The zero-order valence-corrected chi connectivity index (χ0v) is 18.4. The maximum absolute atomic E-state index is 12.5. The third kappa shape index (κ3) is 4.82. The van der Waals surface area contributed by atoms with Gasteiger partial charge >= 0.3 is 5.97 Å². The van der Waals surface area contributed by atoms with Gasteiger partial charge in [-0.15, -0.1) is 16.4 Å². The van der Waals surface area contributed by atoms with Gasteiger partial charge in [-0.05, 0) is 38.0 Å². The smallest absolute Gasteiger partial charge is 0.341 e. The minimum Gasteiger partial charge on any atom is -0.507 e. The number of phenols is 1. The highest BCUT2D eigenvalue weighted by molar-refractivity contribution is 7.99. The van der Waals surface area contributed by atoms with Gasteiger partial charge in [-0.2, -0.15) is 0 Å². The Balaban J connectivity index is 1.67. The Hall–Kier alpha value is -2.85.